The van der Waals surface area contributed by atoms with E-state index in [9.17, 15) is 10.1 Å². The molecule has 0 bridgehead atoms. The number of nitrogens with zero attached hydrogens (tertiary/aromatic N) is 4. The summed E-state index contributed by atoms with van der Waals surface area (Å²) in [6, 6.07) is 7.87. The number of aromatic nitrogens is 3. The van der Waals surface area contributed by atoms with Crippen molar-refractivity contribution in [3.8, 4) is 11.8 Å². The van der Waals surface area contributed by atoms with Crippen LogP contribution < -0.4 is 10.1 Å². The van der Waals surface area contributed by atoms with E-state index in [1.807, 2.05) is 45.9 Å². The molecule has 0 aliphatic heterocycles. The minimum atomic E-state index is -0.163. The summed E-state index contributed by atoms with van der Waals surface area (Å²) in [5.74, 6) is 0.717. The third kappa shape index (κ3) is 4.06. The highest BCUT2D eigenvalue weighted by Crippen LogP contribution is 2.26. The molecule has 1 unspecified atom stereocenters. The lowest BCUT2D eigenvalue weighted by Gasteiger charge is -2.18. The van der Waals surface area contributed by atoms with E-state index >= 15 is 0 Å². The van der Waals surface area contributed by atoms with Gasteiger partial charge in [-0.2, -0.15) is 10.4 Å². The standard InChI is InChI=1S/C22H25N5O2/c1-13-6-8-20(29-5)19(10-13)15(3)25-21(28)9-7-18-14(2)26-22-17(11-23)12-24-27(22)16(18)4/h6,8,10,12,15H,7,9H2,1-5H3,(H,25,28). The first-order valence-electron chi connectivity index (χ1n) is 9.53. The van der Waals surface area contributed by atoms with Gasteiger partial charge in [0.15, 0.2) is 5.65 Å². The third-order valence-electron chi connectivity index (χ3n) is 5.16. The van der Waals surface area contributed by atoms with Gasteiger partial charge < -0.3 is 10.1 Å². The number of hydrogen-bond acceptors (Lipinski definition) is 5. The second-order valence-electron chi connectivity index (χ2n) is 7.20. The number of ether oxygens (including phenoxy) is 1. The fourth-order valence-corrected chi connectivity index (χ4v) is 3.57. The quantitative estimate of drug-likeness (QED) is 0.696. The van der Waals surface area contributed by atoms with Gasteiger partial charge in [0.1, 0.15) is 17.4 Å². The van der Waals surface area contributed by atoms with E-state index in [4.69, 9.17) is 4.74 Å². The van der Waals surface area contributed by atoms with Crippen LogP contribution in [0, 0.1) is 32.1 Å². The summed E-state index contributed by atoms with van der Waals surface area (Å²) in [6.07, 6.45) is 2.40. The average Bonchev–Trinajstić information content (AvgIpc) is 3.10. The summed E-state index contributed by atoms with van der Waals surface area (Å²) in [5, 5.41) is 16.5. The number of aryl methyl sites for hydroxylation is 3. The van der Waals surface area contributed by atoms with E-state index in [0.29, 0.717) is 24.1 Å². The Balaban J connectivity index is 1.73. The molecule has 2 heterocycles. The van der Waals surface area contributed by atoms with Crippen LogP contribution in [0.2, 0.25) is 0 Å². The molecule has 1 aromatic carbocycles. The maximum absolute atomic E-state index is 12.6. The van der Waals surface area contributed by atoms with Gasteiger partial charge in [-0.3, -0.25) is 4.79 Å². The summed E-state index contributed by atoms with van der Waals surface area (Å²) in [5.41, 5.74) is 5.75. The maximum Gasteiger partial charge on any atom is 0.220 e. The van der Waals surface area contributed by atoms with Crippen molar-refractivity contribution in [1.29, 1.82) is 5.26 Å². The van der Waals surface area contributed by atoms with Gasteiger partial charge >= 0.3 is 0 Å². The van der Waals surface area contributed by atoms with E-state index in [-0.39, 0.29) is 11.9 Å². The normalized spacial score (nSPS) is 11.9. The summed E-state index contributed by atoms with van der Waals surface area (Å²) >= 11 is 0. The number of nitriles is 1. The fourth-order valence-electron chi connectivity index (χ4n) is 3.57. The maximum atomic E-state index is 12.6. The van der Waals surface area contributed by atoms with Crippen LogP contribution >= 0.6 is 0 Å². The Labute approximate surface area is 170 Å². The SMILES string of the molecule is COc1ccc(C)cc1C(C)NC(=O)CCc1c(C)nc2c(C#N)cnn2c1C. The van der Waals surface area contributed by atoms with Crippen molar-refractivity contribution < 1.29 is 9.53 Å². The van der Waals surface area contributed by atoms with Gasteiger partial charge in [-0.1, -0.05) is 17.7 Å². The first kappa shape index (κ1) is 20.3. The summed E-state index contributed by atoms with van der Waals surface area (Å²) in [4.78, 5) is 17.1. The van der Waals surface area contributed by atoms with Gasteiger partial charge in [-0.05, 0) is 45.7 Å². The fraction of sp³-hybridized carbons (Fsp3) is 0.364. The molecule has 0 aliphatic rings. The first-order chi connectivity index (χ1) is 13.8. The van der Waals surface area contributed by atoms with Gasteiger partial charge in [0.25, 0.3) is 0 Å². The summed E-state index contributed by atoms with van der Waals surface area (Å²) in [7, 11) is 1.63. The number of hydrogen-bond donors (Lipinski definition) is 1. The second-order valence-corrected chi connectivity index (χ2v) is 7.20. The van der Waals surface area contributed by atoms with Crippen molar-refractivity contribution in [2.45, 2.75) is 46.6 Å². The molecule has 0 radical (unpaired) electrons. The highest BCUT2D eigenvalue weighted by Gasteiger charge is 2.17. The Morgan fingerprint density at radius 2 is 2.10 bits per heavy atom. The molecule has 2 aromatic heterocycles. The van der Waals surface area contributed by atoms with E-state index in [2.05, 4.69) is 21.5 Å². The largest absolute Gasteiger partial charge is 0.496 e. The van der Waals surface area contributed by atoms with Crippen LogP contribution in [0.25, 0.3) is 5.65 Å². The molecule has 1 atom stereocenters. The Bertz CT molecular complexity index is 1110. The molecule has 3 aromatic rings. The number of carbonyl (C=O) groups excluding carboxylic acids is 1. The van der Waals surface area contributed by atoms with Crippen LogP contribution in [0.5, 0.6) is 5.75 Å². The Morgan fingerprint density at radius 3 is 2.79 bits per heavy atom. The van der Waals surface area contributed by atoms with Crippen LogP contribution in [0.3, 0.4) is 0 Å². The molecule has 7 heteroatoms. The lowest BCUT2D eigenvalue weighted by atomic mass is 10.0. The molecule has 1 amide bonds. The van der Waals surface area contributed by atoms with Crippen molar-refractivity contribution in [2.24, 2.45) is 0 Å². The van der Waals surface area contributed by atoms with E-state index < -0.39 is 0 Å². The Kier molecular flexibility index (Phi) is 5.83. The van der Waals surface area contributed by atoms with Crippen molar-refractivity contribution >= 4 is 11.6 Å². The molecular weight excluding hydrogens is 366 g/mol. The van der Waals surface area contributed by atoms with Crippen LogP contribution in [-0.2, 0) is 11.2 Å². The highest BCUT2D eigenvalue weighted by atomic mass is 16.5. The Hall–Kier alpha value is -3.40. The molecule has 29 heavy (non-hydrogen) atoms. The van der Waals surface area contributed by atoms with Crippen molar-refractivity contribution in [2.75, 3.05) is 7.11 Å². The van der Waals surface area contributed by atoms with Crippen molar-refractivity contribution in [3.05, 3.63) is 58.0 Å². The molecular formula is C22H25N5O2. The van der Waals surface area contributed by atoms with E-state index in [1.54, 1.807) is 11.6 Å². The number of nitrogens with one attached hydrogen (secondary N) is 1. The van der Waals surface area contributed by atoms with Crippen LogP contribution in [-0.4, -0.2) is 27.6 Å². The number of benzene rings is 1. The number of fused-ring (bicyclic) bond motifs is 1. The molecule has 0 spiro atoms. The highest BCUT2D eigenvalue weighted by molar-refractivity contribution is 5.77. The zero-order valence-corrected chi connectivity index (χ0v) is 17.4. The van der Waals surface area contributed by atoms with Gasteiger partial charge in [-0.25, -0.2) is 9.50 Å². The minimum absolute atomic E-state index is 0.0434. The smallest absolute Gasteiger partial charge is 0.220 e. The number of rotatable bonds is 6. The molecule has 0 fully saturated rings. The zero-order valence-electron chi connectivity index (χ0n) is 17.4. The predicted octanol–water partition coefficient (Wildman–Crippen LogP) is 3.34. The summed E-state index contributed by atoms with van der Waals surface area (Å²) < 4.78 is 7.09. The topological polar surface area (TPSA) is 92.3 Å². The predicted molar refractivity (Wildman–Crippen MR) is 110 cm³/mol. The third-order valence-corrected chi connectivity index (χ3v) is 5.16. The lowest BCUT2D eigenvalue weighted by Crippen LogP contribution is -2.27. The van der Waals surface area contributed by atoms with E-state index in [0.717, 1.165) is 33.8 Å². The minimum Gasteiger partial charge on any atom is -0.496 e. The van der Waals surface area contributed by atoms with Crippen LogP contribution in [0.15, 0.2) is 24.4 Å². The Morgan fingerprint density at radius 1 is 1.34 bits per heavy atom. The molecule has 1 N–H and O–H groups in total. The molecule has 7 nitrogen and oxygen atoms in total. The molecule has 3 rings (SSSR count). The number of carbonyl (C=O) groups is 1. The number of methoxy groups -OCH3 is 1. The molecule has 150 valence electrons. The van der Waals surface area contributed by atoms with Crippen LogP contribution in [0.1, 0.15) is 53.0 Å². The number of amides is 1. The average molecular weight is 391 g/mol. The van der Waals surface area contributed by atoms with Gasteiger partial charge in [0, 0.05) is 23.4 Å². The van der Waals surface area contributed by atoms with Gasteiger partial charge in [0.2, 0.25) is 5.91 Å². The molecule has 0 aliphatic carbocycles. The first-order valence-corrected chi connectivity index (χ1v) is 9.53. The summed E-state index contributed by atoms with van der Waals surface area (Å²) in [6.45, 7) is 7.80. The second kappa shape index (κ2) is 8.31. The lowest BCUT2D eigenvalue weighted by molar-refractivity contribution is -0.121. The van der Waals surface area contributed by atoms with E-state index in [1.165, 1.54) is 6.20 Å². The molecule has 0 saturated carbocycles. The van der Waals surface area contributed by atoms with Gasteiger partial charge in [-0.15, -0.1) is 0 Å². The van der Waals surface area contributed by atoms with Crippen molar-refractivity contribution in [3.63, 3.8) is 0 Å². The molecule has 0 saturated heterocycles. The van der Waals surface area contributed by atoms with Gasteiger partial charge in [0.05, 0.1) is 19.3 Å². The van der Waals surface area contributed by atoms with Crippen LogP contribution in [0.4, 0.5) is 0 Å². The monoisotopic (exact) mass is 391 g/mol. The van der Waals surface area contributed by atoms with Crippen molar-refractivity contribution in [1.82, 2.24) is 19.9 Å². The zero-order chi connectivity index (χ0) is 21.1.